The molecule has 1 saturated heterocycles. The fraction of sp³-hybridized carbons (Fsp3) is 0.267. The van der Waals surface area contributed by atoms with Crippen molar-refractivity contribution < 1.29 is 8.42 Å². The number of thiophene rings is 1. The van der Waals surface area contributed by atoms with E-state index in [4.69, 9.17) is 0 Å². The molecular weight excluding hydrogens is 360 g/mol. The van der Waals surface area contributed by atoms with Crippen molar-refractivity contribution in [3.8, 4) is 5.82 Å². The van der Waals surface area contributed by atoms with Crippen LogP contribution < -0.4 is 4.90 Å². The standard InChI is InChI=1S/C15H16N6O2S2/c22-25(23,15-3-1-10-24-15)20-8-6-19(7-9-20)13-11-14(17-12-16-13)21-5-2-4-18-21/h1-5,10-12H,6-9H2. The minimum Gasteiger partial charge on any atom is -0.354 e. The number of sulfonamides is 1. The van der Waals surface area contributed by atoms with E-state index in [1.54, 1.807) is 28.4 Å². The van der Waals surface area contributed by atoms with Crippen molar-refractivity contribution in [2.24, 2.45) is 0 Å². The Hall–Kier alpha value is -2.30. The highest BCUT2D eigenvalue weighted by Crippen LogP contribution is 2.23. The minimum absolute atomic E-state index is 0.393. The van der Waals surface area contributed by atoms with Crippen LogP contribution in [0.2, 0.25) is 0 Å². The lowest BCUT2D eigenvalue weighted by molar-refractivity contribution is 0.384. The normalized spacial score (nSPS) is 16.2. The van der Waals surface area contributed by atoms with Crippen molar-refractivity contribution in [3.63, 3.8) is 0 Å². The second kappa shape index (κ2) is 6.54. The molecule has 0 radical (unpaired) electrons. The molecule has 0 saturated carbocycles. The van der Waals surface area contributed by atoms with Crippen LogP contribution in [-0.2, 0) is 10.0 Å². The van der Waals surface area contributed by atoms with Gasteiger partial charge in [-0.2, -0.15) is 9.40 Å². The summed E-state index contributed by atoms with van der Waals surface area (Å²) in [5, 5.41) is 5.95. The molecule has 0 N–H and O–H groups in total. The molecule has 3 aromatic heterocycles. The first-order valence-corrected chi connectivity index (χ1v) is 10.1. The fourth-order valence-electron chi connectivity index (χ4n) is 2.73. The van der Waals surface area contributed by atoms with Gasteiger partial charge < -0.3 is 4.90 Å². The van der Waals surface area contributed by atoms with Gasteiger partial charge in [-0.3, -0.25) is 0 Å². The number of rotatable bonds is 4. The number of hydrogen-bond donors (Lipinski definition) is 0. The topological polar surface area (TPSA) is 84.2 Å². The summed E-state index contributed by atoms with van der Waals surface area (Å²) in [7, 11) is -3.39. The molecule has 4 heterocycles. The maximum Gasteiger partial charge on any atom is 0.252 e. The Kier molecular flexibility index (Phi) is 4.24. The first kappa shape index (κ1) is 16.2. The number of nitrogens with zero attached hydrogens (tertiary/aromatic N) is 6. The Bertz CT molecular complexity index is 932. The third-order valence-electron chi connectivity index (χ3n) is 4.03. The number of aromatic nitrogens is 4. The van der Waals surface area contributed by atoms with Gasteiger partial charge in [-0.25, -0.2) is 23.1 Å². The third-order valence-corrected chi connectivity index (χ3v) is 7.30. The first-order valence-electron chi connectivity index (χ1n) is 7.75. The maximum atomic E-state index is 12.6. The molecule has 0 amide bonds. The zero-order valence-electron chi connectivity index (χ0n) is 13.3. The molecule has 0 spiro atoms. The van der Waals surface area contributed by atoms with Crippen LogP contribution in [0.5, 0.6) is 0 Å². The van der Waals surface area contributed by atoms with Gasteiger partial charge in [0, 0.05) is 44.6 Å². The fourth-order valence-corrected chi connectivity index (χ4v) is 5.30. The highest BCUT2D eigenvalue weighted by molar-refractivity contribution is 7.91. The van der Waals surface area contributed by atoms with Crippen molar-refractivity contribution in [1.29, 1.82) is 0 Å². The average Bonchev–Trinajstić information content (AvgIpc) is 3.36. The predicted molar refractivity (Wildman–Crippen MR) is 94.4 cm³/mol. The zero-order chi connectivity index (χ0) is 17.3. The van der Waals surface area contributed by atoms with E-state index in [2.05, 4.69) is 20.0 Å². The van der Waals surface area contributed by atoms with Gasteiger partial charge in [-0.15, -0.1) is 11.3 Å². The Balaban J connectivity index is 1.48. The van der Waals surface area contributed by atoms with E-state index in [1.807, 2.05) is 18.3 Å². The van der Waals surface area contributed by atoms with Crippen molar-refractivity contribution in [2.75, 3.05) is 31.1 Å². The van der Waals surface area contributed by atoms with Gasteiger partial charge in [-0.1, -0.05) is 6.07 Å². The summed E-state index contributed by atoms with van der Waals surface area (Å²) in [4.78, 5) is 10.6. The second-order valence-electron chi connectivity index (χ2n) is 5.51. The van der Waals surface area contributed by atoms with Gasteiger partial charge in [0.05, 0.1) is 0 Å². The van der Waals surface area contributed by atoms with Crippen LogP contribution in [-0.4, -0.2) is 58.7 Å². The molecule has 8 nitrogen and oxygen atoms in total. The monoisotopic (exact) mass is 376 g/mol. The Labute approximate surface area is 149 Å². The van der Waals surface area contributed by atoms with E-state index in [9.17, 15) is 8.42 Å². The van der Waals surface area contributed by atoms with Crippen LogP contribution in [0.15, 0.2) is 52.6 Å². The van der Waals surface area contributed by atoms with Gasteiger partial charge in [0.2, 0.25) is 0 Å². The van der Waals surface area contributed by atoms with Gasteiger partial charge in [0.1, 0.15) is 16.4 Å². The predicted octanol–water partition coefficient (Wildman–Crippen LogP) is 1.23. The Morgan fingerprint density at radius 3 is 2.52 bits per heavy atom. The largest absolute Gasteiger partial charge is 0.354 e. The summed E-state index contributed by atoms with van der Waals surface area (Å²) in [5.74, 6) is 1.46. The van der Waals surface area contributed by atoms with Crippen molar-refractivity contribution in [2.45, 2.75) is 4.21 Å². The van der Waals surface area contributed by atoms with Crippen LogP contribution in [0.1, 0.15) is 0 Å². The lowest BCUT2D eigenvalue weighted by Gasteiger charge is -2.34. The summed E-state index contributed by atoms with van der Waals surface area (Å²) in [5.41, 5.74) is 0. The van der Waals surface area contributed by atoms with Crippen molar-refractivity contribution >= 4 is 27.2 Å². The molecule has 1 aliphatic rings. The van der Waals surface area contributed by atoms with E-state index >= 15 is 0 Å². The van der Waals surface area contributed by atoms with Gasteiger partial charge >= 0.3 is 0 Å². The van der Waals surface area contributed by atoms with Crippen LogP contribution >= 0.6 is 11.3 Å². The van der Waals surface area contributed by atoms with Gasteiger partial charge in [0.25, 0.3) is 10.0 Å². The van der Waals surface area contributed by atoms with E-state index in [0.717, 1.165) is 5.82 Å². The molecule has 0 unspecified atom stereocenters. The summed E-state index contributed by atoms with van der Waals surface area (Å²) in [6.45, 7) is 2.03. The van der Waals surface area contributed by atoms with Crippen molar-refractivity contribution in [1.82, 2.24) is 24.1 Å². The first-order chi connectivity index (χ1) is 12.1. The average molecular weight is 376 g/mol. The third kappa shape index (κ3) is 3.15. The summed E-state index contributed by atoms with van der Waals surface area (Å²) in [6, 6.07) is 7.09. The molecule has 25 heavy (non-hydrogen) atoms. The van der Waals surface area contributed by atoms with E-state index < -0.39 is 10.0 Å². The molecule has 4 rings (SSSR count). The molecule has 3 aromatic rings. The molecule has 1 aliphatic heterocycles. The molecular formula is C15H16N6O2S2. The number of anilines is 1. The summed E-state index contributed by atoms with van der Waals surface area (Å²) in [6.07, 6.45) is 5.01. The van der Waals surface area contributed by atoms with Crippen LogP contribution in [0.25, 0.3) is 5.82 Å². The van der Waals surface area contributed by atoms with E-state index in [0.29, 0.717) is 36.2 Å². The SMILES string of the molecule is O=S(=O)(c1cccs1)N1CCN(c2cc(-n3cccn3)ncn2)CC1. The molecule has 1 fully saturated rings. The number of hydrogen-bond acceptors (Lipinski definition) is 7. The molecule has 0 atom stereocenters. The van der Waals surface area contributed by atoms with E-state index in [1.165, 1.54) is 22.0 Å². The highest BCUT2D eigenvalue weighted by Gasteiger charge is 2.29. The summed E-state index contributed by atoms with van der Waals surface area (Å²) >= 11 is 1.25. The quantitative estimate of drug-likeness (QED) is 0.681. The lowest BCUT2D eigenvalue weighted by Crippen LogP contribution is -2.48. The maximum absolute atomic E-state index is 12.6. The molecule has 0 aliphatic carbocycles. The second-order valence-corrected chi connectivity index (χ2v) is 8.62. The minimum atomic E-state index is -3.39. The molecule has 0 bridgehead atoms. The summed E-state index contributed by atoms with van der Waals surface area (Å²) < 4.78 is 28.8. The Morgan fingerprint density at radius 1 is 1.04 bits per heavy atom. The van der Waals surface area contributed by atoms with Crippen LogP contribution in [0, 0.1) is 0 Å². The van der Waals surface area contributed by atoms with E-state index in [-0.39, 0.29) is 0 Å². The van der Waals surface area contributed by atoms with Crippen LogP contribution in [0.4, 0.5) is 5.82 Å². The van der Waals surface area contributed by atoms with Crippen molar-refractivity contribution in [3.05, 3.63) is 48.4 Å². The van der Waals surface area contributed by atoms with Crippen LogP contribution in [0.3, 0.4) is 0 Å². The van der Waals surface area contributed by atoms with Gasteiger partial charge in [-0.05, 0) is 17.5 Å². The smallest absolute Gasteiger partial charge is 0.252 e. The van der Waals surface area contributed by atoms with Gasteiger partial charge in [0.15, 0.2) is 5.82 Å². The lowest BCUT2D eigenvalue weighted by atomic mass is 10.3. The zero-order valence-corrected chi connectivity index (χ0v) is 14.9. The molecule has 10 heteroatoms. The molecule has 130 valence electrons. The molecule has 0 aromatic carbocycles. The Morgan fingerprint density at radius 2 is 1.84 bits per heavy atom. The number of piperazine rings is 1. The highest BCUT2D eigenvalue weighted by atomic mass is 32.2.